The van der Waals surface area contributed by atoms with Crippen molar-refractivity contribution in [2.75, 3.05) is 25.5 Å². The Morgan fingerprint density at radius 2 is 1.86 bits per heavy atom. The molecule has 0 fully saturated rings. The second kappa shape index (κ2) is 10.1. The van der Waals surface area contributed by atoms with Gasteiger partial charge in [0.15, 0.2) is 0 Å². The van der Waals surface area contributed by atoms with E-state index in [1.807, 2.05) is 12.1 Å². The number of nitrogens with zero attached hydrogens (tertiary/aromatic N) is 1. The van der Waals surface area contributed by atoms with Crippen molar-refractivity contribution in [3.8, 4) is 5.75 Å². The largest absolute Gasteiger partial charge is 0.497 e. The third-order valence-corrected chi connectivity index (χ3v) is 5.46. The number of hydrogen-bond acceptors (Lipinski definition) is 5. The molecule has 6 nitrogen and oxygen atoms in total. The number of carbonyl (C=O) groups is 1. The van der Waals surface area contributed by atoms with E-state index in [9.17, 15) is 22.0 Å². The number of benzene rings is 2. The summed E-state index contributed by atoms with van der Waals surface area (Å²) in [5.41, 5.74) is 0.752. The summed E-state index contributed by atoms with van der Waals surface area (Å²) in [6.07, 6.45) is 1.63. The van der Waals surface area contributed by atoms with Gasteiger partial charge in [-0.2, -0.15) is 8.78 Å². The Bertz CT molecular complexity index is 947. The van der Waals surface area contributed by atoms with Crippen molar-refractivity contribution in [3.63, 3.8) is 0 Å². The highest BCUT2D eigenvalue weighted by Crippen LogP contribution is 2.26. The predicted molar refractivity (Wildman–Crippen MR) is 107 cm³/mol. The summed E-state index contributed by atoms with van der Waals surface area (Å²) < 4.78 is 54.5. The molecule has 0 heterocycles. The molecule has 0 bridgehead atoms. The van der Waals surface area contributed by atoms with E-state index >= 15 is 0 Å². The van der Waals surface area contributed by atoms with Crippen LogP contribution < -0.4 is 10.1 Å². The quantitative estimate of drug-likeness (QED) is 0.592. The number of carbonyl (C=O) groups excluding carboxylic acids is 1. The molecule has 1 amide bonds. The van der Waals surface area contributed by atoms with Crippen molar-refractivity contribution in [1.29, 1.82) is 0 Å². The number of alkyl halides is 2. The lowest BCUT2D eigenvalue weighted by Crippen LogP contribution is -2.33. The summed E-state index contributed by atoms with van der Waals surface area (Å²) in [6.45, 7) is 4.42. The summed E-state index contributed by atoms with van der Waals surface area (Å²) in [5, 5.41) is 2.42. The van der Waals surface area contributed by atoms with Crippen LogP contribution in [-0.4, -0.2) is 45.2 Å². The minimum absolute atomic E-state index is 0.0822. The number of para-hydroxylation sites is 1. The maximum atomic E-state index is 12.9. The molecule has 156 valence electrons. The molecule has 0 aliphatic rings. The van der Waals surface area contributed by atoms with Crippen molar-refractivity contribution in [3.05, 3.63) is 66.7 Å². The molecule has 0 saturated carbocycles. The van der Waals surface area contributed by atoms with Crippen molar-refractivity contribution in [1.82, 2.24) is 4.90 Å². The van der Waals surface area contributed by atoms with E-state index in [2.05, 4.69) is 11.9 Å². The molecular formula is C20H22F2N2O4S. The molecule has 2 aromatic carbocycles. The Morgan fingerprint density at radius 1 is 1.21 bits per heavy atom. The molecule has 29 heavy (non-hydrogen) atoms. The minimum Gasteiger partial charge on any atom is -0.497 e. The first-order valence-electron chi connectivity index (χ1n) is 8.65. The van der Waals surface area contributed by atoms with Crippen molar-refractivity contribution in [2.45, 2.75) is 17.2 Å². The molecule has 0 aromatic heterocycles. The smallest absolute Gasteiger partial charge is 0.341 e. The van der Waals surface area contributed by atoms with Crippen molar-refractivity contribution < 1.29 is 26.7 Å². The third kappa shape index (κ3) is 6.10. The normalized spacial score (nSPS) is 11.5. The van der Waals surface area contributed by atoms with Crippen LogP contribution in [0.15, 0.2) is 66.1 Å². The zero-order valence-electron chi connectivity index (χ0n) is 15.8. The van der Waals surface area contributed by atoms with E-state index in [4.69, 9.17) is 4.74 Å². The molecule has 9 heteroatoms. The van der Waals surface area contributed by atoms with Crippen LogP contribution >= 0.6 is 0 Å². The number of halogens is 2. The Hall–Kier alpha value is -2.78. The van der Waals surface area contributed by atoms with Gasteiger partial charge >= 0.3 is 5.76 Å². The predicted octanol–water partition coefficient (Wildman–Crippen LogP) is 3.32. The highest BCUT2D eigenvalue weighted by Gasteiger charge is 2.29. The number of amides is 1. The molecule has 0 spiro atoms. The molecule has 1 N–H and O–H groups in total. The highest BCUT2D eigenvalue weighted by atomic mass is 32.2. The number of rotatable bonds is 10. The summed E-state index contributed by atoms with van der Waals surface area (Å²) in [6, 6.07) is 12.4. The minimum atomic E-state index is -4.84. The van der Waals surface area contributed by atoms with Crippen LogP contribution in [0.5, 0.6) is 5.75 Å². The van der Waals surface area contributed by atoms with Crippen LogP contribution in [0.2, 0.25) is 0 Å². The van der Waals surface area contributed by atoms with Crippen LogP contribution in [0.1, 0.15) is 5.56 Å². The van der Waals surface area contributed by atoms with Crippen LogP contribution in [-0.2, 0) is 21.2 Å². The fourth-order valence-corrected chi connectivity index (χ4v) is 3.55. The molecular weight excluding hydrogens is 402 g/mol. The van der Waals surface area contributed by atoms with Crippen LogP contribution in [0.25, 0.3) is 0 Å². The van der Waals surface area contributed by atoms with Crippen molar-refractivity contribution in [2.24, 2.45) is 0 Å². The first-order chi connectivity index (χ1) is 13.8. The van der Waals surface area contributed by atoms with Crippen LogP contribution in [0.4, 0.5) is 14.5 Å². The summed E-state index contributed by atoms with van der Waals surface area (Å²) in [5.74, 6) is -3.40. The molecule has 0 aliphatic carbocycles. The van der Waals surface area contributed by atoms with Crippen molar-refractivity contribution >= 4 is 21.4 Å². The SMILES string of the molecule is C=CCN(CC(=O)Nc1ccccc1S(=O)(=O)C(F)F)Cc1ccc(OC)cc1. The first kappa shape index (κ1) is 22.5. The Morgan fingerprint density at radius 3 is 2.45 bits per heavy atom. The molecule has 2 aromatic rings. The molecule has 0 saturated heterocycles. The Labute approximate surface area is 168 Å². The number of anilines is 1. The van der Waals surface area contributed by atoms with E-state index in [-0.39, 0.29) is 12.2 Å². The number of hydrogen-bond donors (Lipinski definition) is 1. The monoisotopic (exact) mass is 424 g/mol. The summed E-state index contributed by atoms with van der Waals surface area (Å²) in [7, 11) is -3.27. The first-order valence-corrected chi connectivity index (χ1v) is 10.2. The molecule has 0 aliphatic heterocycles. The highest BCUT2D eigenvalue weighted by molar-refractivity contribution is 7.91. The van der Waals surface area contributed by atoms with Gasteiger partial charge in [0.25, 0.3) is 0 Å². The summed E-state index contributed by atoms with van der Waals surface area (Å²) in [4.78, 5) is 13.6. The van der Waals surface area contributed by atoms with E-state index in [1.54, 1.807) is 30.2 Å². The molecule has 0 atom stereocenters. The van der Waals surface area contributed by atoms with Gasteiger partial charge in [0, 0.05) is 13.1 Å². The maximum Gasteiger partial charge on any atom is 0.341 e. The third-order valence-electron chi connectivity index (χ3n) is 4.02. The lowest BCUT2D eigenvalue weighted by molar-refractivity contribution is -0.117. The fraction of sp³-hybridized carbons (Fsp3) is 0.250. The van der Waals surface area contributed by atoms with Gasteiger partial charge in [-0.3, -0.25) is 9.69 Å². The Balaban J connectivity index is 2.12. The van der Waals surface area contributed by atoms with E-state index in [0.29, 0.717) is 18.8 Å². The zero-order chi connectivity index (χ0) is 21.4. The number of nitrogens with one attached hydrogen (secondary N) is 1. The fourth-order valence-electron chi connectivity index (χ4n) is 2.66. The number of methoxy groups -OCH3 is 1. The van der Waals surface area contributed by atoms with Gasteiger partial charge in [0.05, 0.1) is 24.2 Å². The van der Waals surface area contributed by atoms with Gasteiger partial charge < -0.3 is 10.1 Å². The van der Waals surface area contributed by atoms with E-state index in [0.717, 1.165) is 11.6 Å². The molecule has 2 rings (SSSR count). The summed E-state index contributed by atoms with van der Waals surface area (Å²) >= 11 is 0. The zero-order valence-corrected chi connectivity index (χ0v) is 16.7. The Kier molecular flexibility index (Phi) is 7.86. The lowest BCUT2D eigenvalue weighted by atomic mass is 10.2. The number of ether oxygens (including phenoxy) is 1. The van der Waals surface area contributed by atoms with Gasteiger partial charge in [-0.05, 0) is 29.8 Å². The number of sulfone groups is 1. The second-order valence-corrected chi connectivity index (χ2v) is 8.04. The maximum absolute atomic E-state index is 12.9. The van der Waals surface area contributed by atoms with Gasteiger partial charge in [0.1, 0.15) is 5.75 Å². The molecule has 0 radical (unpaired) electrons. The average molecular weight is 424 g/mol. The van der Waals surface area contributed by atoms with Crippen LogP contribution in [0, 0.1) is 0 Å². The van der Waals surface area contributed by atoms with Gasteiger partial charge in [-0.15, -0.1) is 6.58 Å². The average Bonchev–Trinajstić information content (AvgIpc) is 2.69. The van der Waals surface area contributed by atoms with Gasteiger partial charge in [-0.1, -0.05) is 30.3 Å². The molecule has 0 unspecified atom stereocenters. The standard InChI is InChI=1S/C20H22F2N2O4S/c1-3-12-24(13-15-8-10-16(28-2)11-9-15)14-19(25)23-17-6-4-5-7-18(17)29(26,27)20(21)22/h3-11,20H,1,12-14H2,2H3,(H,23,25). The lowest BCUT2D eigenvalue weighted by Gasteiger charge is -2.21. The van der Waals surface area contributed by atoms with E-state index < -0.39 is 26.4 Å². The topological polar surface area (TPSA) is 75.7 Å². The van der Waals surface area contributed by atoms with Gasteiger partial charge in [-0.25, -0.2) is 8.42 Å². The van der Waals surface area contributed by atoms with Gasteiger partial charge in [0.2, 0.25) is 15.7 Å². The van der Waals surface area contributed by atoms with Crippen LogP contribution in [0.3, 0.4) is 0 Å². The second-order valence-electron chi connectivity index (χ2n) is 6.16. The van der Waals surface area contributed by atoms with E-state index in [1.165, 1.54) is 18.2 Å².